The molecule has 0 atom stereocenters. The lowest BCUT2D eigenvalue weighted by atomic mass is 9.99. The maximum atomic E-state index is 11.8. The summed E-state index contributed by atoms with van der Waals surface area (Å²) in [4.78, 5) is 17.2. The zero-order chi connectivity index (χ0) is 15.4. The number of ether oxygens (including phenoxy) is 1. The van der Waals surface area contributed by atoms with E-state index in [4.69, 9.17) is 4.74 Å². The van der Waals surface area contributed by atoms with Crippen molar-refractivity contribution in [1.82, 2.24) is 9.88 Å². The van der Waals surface area contributed by atoms with Gasteiger partial charge in [0.1, 0.15) is 0 Å². The Bertz CT molecular complexity index is 719. The maximum absolute atomic E-state index is 11.8. The van der Waals surface area contributed by atoms with Crippen LogP contribution >= 0.6 is 0 Å². The molecular formula is C18H20N2O2. The molecule has 0 amide bonds. The number of benzene rings is 1. The van der Waals surface area contributed by atoms with Gasteiger partial charge < -0.3 is 9.72 Å². The van der Waals surface area contributed by atoms with Gasteiger partial charge in [0.2, 0.25) is 5.43 Å². The third-order valence-electron chi connectivity index (χ3n) is 3.99. The van der Waals surface area contributed by atoms with Gasteiger partial charge in [-0.1, -0.05) is 36.4 Å². The summed E-state index contributed by atoms with van der Waals surface area (Å²) in [5, 5.41) is 0. The predicted octanol–water partition coefficient (Wildman–Crippen LogP) is 2.67. The Morgan fingerprint density at radius 1 is 1.27 bits per heavy atom. The van der Waals surface area contributed by atoms with E-state index in [9.17, 15) is 4.79 Å². The Kier molecular flexibility index (Phi) is 4.39. The number of aromatic nitrogens is 1. The normalized spacial score (nSPS) is 15.4. The molecule has 0 fully saturated rings. The average molecular weight is 296 g/mol. The summed E-state index contributed by atoms with van der Waals surface area (Å²) in [7, 11) is 1.50. The number of nitrogens with one attached hydrogen (secondary N) is 1. The highest BCUT2D eigenvalue weighted by Crippen LogP contribution is 2.22. The molecule has 1 aliphatic rings. The van der Waals surface area contributed by atoms with Gasteiger partial charge in [0, 0.05) is 37.6 Å². The molecule has 114 valence electrons. The van der Waals surface area contributed by atoms with Crippen molar-refractivity contribution >= 4 is 5.57 Å². The monoisotopic (exact) mass is 296 g/mol. The highest BCUT2D eigenvalue weighted by atomic mass is 16.5. The van der Waals surface area contributed by atoms with Crippen LogP contribution in [0.1, 0.15) is 17.7 Å². The number of methoxy groups -OCH3 is 1. The first-order valence-corrected chi connectivity index (χ1v) is 7.48. The first-order chi connectivity index (χ1) is 10.8. The second-order valence-electron chi connectivity index (χ2n) is 5.47. The number of hydrogen-bond acceptors (Lipinski definition) is 3. The molecule has 0 saturated heterocycles. The Morgan fingerprint density at radius 2 is 2.09 bits per heavy atom. The summed E-state index contributed by atoms with van der Waals surface area (Å²) in [6.07, 6.45) is 4.94. The van der Waals surface area contributed by atoms with Gasteiger partial charge in [0.25, 0.3) is 0 Å². The third-order valence-corrected chi connectivity index (χ3v) is 3.99. The molecule has 1 N–H and O–H groups in total. The van der Waals surface area contributed by atoms with Gasteiger partial charge in [-0.2, -0.15) is 0 Å². The molecule has 1 aromatic heterocycles. The molecule has 0 bridgehead atoms. The van der Waals surface area contributed by atoms with Gasteiger partial charge in [-0.15, -0.1) is 0 Å². The molecule has 1 aromatic carbocycles. The van der Waals surface area contributed by atoms with E-state index in [0.717, 1.165) is 31.7 Å². The van der Waals surface area contributed by atoms with Crippen molar-refractivity contribution in [3.63, 3.8) is 0 Å². The van der Waals surface area contributed by atoms with Crippen molar-refractivity contribution in [3.05, 3.63) is 70.2 Å². The maximum Gasteiger partial charge on any atom is 0.223 e. The van der Waals surface area contributed by atoms with E-state index < -0.39 is 0 Å². The van der Waals surface area contributed by atoms with E-state index in [2.05, 4.69) is 40.2 Å². The summed E-state index contributed by atoms with van der Waals surface area (Å²) in [5.74, 6) is 0.355. The number of hydrogen-bond donors (Lipinski definition) is 1. The standard InChI is InChI=1S/C18H20N2O2/c1-22-18-12-19-16(11-17(18)21)13-20-9-7-15(8-10-20)14-5-3-2-4-6-14/h2-7,11-12H,8-10,13H2,1H3,(H,19,21). The van der Waals surface area contributed by atoms with Crippen molar-refractivity contribution in [2.45, 2.75) is 13.0 Å². The van der Waals surface area contributed by atoms with Crippen molar-refractivity contribution in [2.75, 3.05) is 20.2 Å². The summed E-state index contributed by atoms with van der Waals surface area (Å²) in [6.45, 7) is 2.64. The minimum absolute atomic E-state index is 0.0752. The van der Waals surface area contributed by atoms with Crippen LogP contribution in [0.3, 0.4) is 0 Å². The van der Waals surface area contributed by atoms with Crippen LogP contribution < -0.4 is 10.2 Å². The SMILES string of the molecule is COc1c[nH]c(CN2CC=C(c3ccccc3)CC2)cc1=O. The summed E-state index contributed by atoms with van der Waals surface area (Å²) in [6, 6.07) is 12.1. The van der Waals surface area contributed by atoms with Gasteiger partial charge >= 0.3 is 0 Å². The van der Waals surface area contributed by atoms with Crippen LogP contribution in [0.25, 0.3) is 5.57 Å². The Hall–Kier alpha value is -2.33. The molecule has 3 rings (SSSR count). The lowest BCUT2D eigenvalue weighted by molar-refractivity contribution is 0.290. The van der Waals surface area contributed by atoms with Gasteiger partial charge in [-0.05, 0) is 17.6 Å². The first kappa shape index (κ1) is 14.6. The number of rotatable bonds is 4. The van der Waals surface area contributed by atoms with Crippen LogP contribution in [0.2, 0.25) is 0 Å². The highest BCUT2D eigenvalue weighted by Gasteiger charge is 2.13. The molecule has 0 radical (unpaired) electrons. The molecule has 0 aliphatic carbocycles. The lowest BCUT2D eigenvalue weighted by Crippen LogP contribution is -2.28. The summed E-state index contributed by atoms with van der Waals surface area (Å²) in [5.41, 5.74) is 3.55. The van der Waals surface area contributed by atoms with Crippen LogP contribution in [0, 0.1) is 0 Å². The molecule has 1 aliphatic heterocycles. The molecule has 0 unspecified atom stereocenters. The number of nitrogens with zero attached hydrogens (tertiary/aromatic N) is 1. The van der Waals surface area contributed by atoms with Crippen molar-refractivity contribution in [3.8, 4) is 5.75 Å². The molecule has 2 heterocycles. The molecular weight excluding hydrogens is 276 g/mol. The van der Waals surface area contributed by atoms with E-state index >= 15 is 0 Å². The second-order valence-corrected chi connectivity index (χ2v) is 5.47. The minimum Gasteiger partial charge on any atom is -0.491 e. The predicted molar refractivity (Wildman–Crippen MR) is 87.9 cm³/mol. The van der Waals surface area contributed by atoms with Gasteiger partial charge in [0.15, 0.2) is 5.75 Å². The lowest BCUT2D eigenvalue weighted by Gasteiger charge is -2.26. The van der Waals surface area contributed by atoms with E-state index in [1.165, 1.54) is 18.2 Å². The number of H-pyrrole nitrogens is 1. The fourth-order valence-electron chi connectivity index (χ4n) is 2.76. The molecule has 0 saturated carbocycles. The Balaban J connectivity index is 1.66. The fourth-order valence-corrected chi connectivity index (χ4v) is 2.76. The largest absolute Gasteiger partial charge is 0.491 e. The highest BCUT2D eigenvalue weighted by molar-refractivity contribution is 5.66. The van der Waals surface area contributed by atoms with Gasteiger partial charge in [-0.25, -0.2) is 0 Å². The number of aromatic amines is 1. The summed E-state index contributed by atoms with van der Waals surface area (Å²) < 4.78 is 4.99. The van der Waals surface area contributed by atoms with Crippen LogP contribution in [0.4, 0.5) is 0 Å². The zero-order valence-electron chi connectivity index (χ0n) is 12.7. The molecule has 4 heteroatoms. The molecule has 0 spiro atoms. The first-order valence-electron chi connectivity index (χ1n) is 7.48. The van der Waals surface area contributed by atoms with Crippen molar-refractivity contribution in [2.24, 2.45) is 0 Å². The van der Waals surface area contributed by atoms with Gasteiger partial charge in [-0.3, -0.25) is 9.69 Å². The smallest absolute Gasteiger partial charge is 0.223 e. The van der Waals surface area contributed by atoms with Crippen LogP contribution in [-0.2, 0) is 6.54 Å². The number of pyridine rings is 1. The molecule has 2 aromatic rings. The zero-order valence-corrected chi connectivity index (χ0v) is 12.7. The summed E-state index contributed by atoms with van der Waals surface area (Å²) >= 11 is 0. The average Bonchev–Trinajstić information content (AvgIpc) is 2.57. The van der Waals surface area contributed by atoms with Crippen molar-refractivity contribution in [1.29, 1.82) is 0 Å². The quantitative estimate of drug-likeness (QED) is 0.943. The molecule has 4 nitrogen and oxygen atoms in total. The van der Waals surface area contributed by atoms with Crippen molar-refractivity contribution < 1.29 is 4.74 Å². The molecule has 22 heavy (non-hydrogen) atoms. The Morgan fingerprint density at radius 3 is 2.73 bits per heavy atom. The second kappa shape index (κ2) is 6.62. The fraction of sp³-hybridized carbons (Fsp3) is 0.278. The van der Waals surface area contributed by atoms with E-state index in [-0.39, 0.29) is 5.43 Å². The van der Waals surface area contributed by atoms with Crippen LogP contribution in [0.5, 0.6) is 5.75 Å². The van der Waals surface area contributed by atoms with E-state index in [0.29, 0.717) is 5.75 Å². The van der Waals surface area contributed by atoms with E-state index in [1.807, 2.05) is 6.07 Å². The minimum atomic E-state index is -0.0752. The van der Waals surface area contributed by atoms with Crippen LogP contribution in [-0.4, -0.2) is 30.1 Å². The van der Waals surface area contributed by atoms with Gasteiger partial charge in [0.05, 0.1) is 7.11 Å². The Labute approximate surface area is 130 Å². The van der Waals surface area contributed by atoms with Crippen LogP contribution in [0.15, 0.2) is 53.5 Å². The van der Waals surface area contributed by atoms with E-state index in [1.54, 1.807) is 12.3 Å². The third kappa shape index (κ3) is 3.28. The topological polar surface area (TPSA) is 45.3 Å².